The van der Waals surface area contributed by atoms with Crippen LogP contribution in [0.3, 0.4) is 0 Å². The van der Waals surface area contributed by atoms with Crippen molar-refractivity contribution in [2.75, 3.05) is 24.3 Å². The van der Waals surface area contributed by atoms with Crippen molar-refractivity contribution in [3.8, 4) is 5.75 Å². The van der Waals surface area contributed by atoms with Crippen LogP contribution in [0.4, 0.5) is 17.2 Å². The van der Waals surface area contributed by atoms with Crippen LogP contribution in [0.25, 0.3) is 0 Å². The number of hydrogen-bond donors (Lipinski definition) is 2. The number of aromatic nitrogens is 1. The van der Waals surface area contributed by atoms with Crippen molar-refractivity contribution in [2.45, 2.75) is 6.92 Å². The van der Waals surface area contributed by atoms with Gasteiger partial charge in [-0.15, -0.1) is 0 Å². The lowest BCUT2D eigenvalue weighted by atomic mass is 10.3. The van der Waals surface area contributed by atoms with E-state index in [0.29, 0.717) is 6.61 Å². The van der Waals surface area contributed by atoms with E-state index < -0.39 is 0 Å². The second-order valence-electron chi connectivity index (χ2n) is 3.77. The van der Waals surface area contributed by atoms with Crippen LogP contribution in [-0.2, 0) is 0 Å². The SMILES string of the molecule is CCOc1cccc(Nc2ccnc(NC)c2)c1. The first kappa shape index (κ1) is 12.2. The van der Waals surface area contributed by atoms with E-state index >= 15 is 0 Å². The molecule has 1 aromatic heterocycles. The normalized spacial score (nSPS) is 9.89. The summed E-state index contributed by atoms with van der Waals surface area (Å²) in [5, 5.41) is 6.33. The highest BCUT2D eigenvalue weighted by Gasteiger charge is 1.98. The minimum Gasteiger partial charge on any atom is -0.494 e. The molecule has 0 saturated heterocycles. The molecule has 2 rings (SSSR count). The van der Waals surface area contributed by atoms with Gasteiger partial charge in [0.1, 0.15) is 11.6 Å². The summed E-state index contributed by atoms with van der Waals surface area (Å²) >= 11 is 0. The molecule has 0 aliphatic rings. The maximum atomic E-state index is 5.46. The molecule has 0 radical (unpaired) electrons. The summed E-state index contributed by atoms with van der Waals surface area (Å²) in [6, 6.07) is 11.8. The minimum atomic E-state index is 0.669. The molecule has 0 spiro atoms. The monoisotopic (exact) mass is 243 g/mol. The highest BCUT2D eigenvalue weighted by Crippen LogP contribution is 2.22. The fourth-order valence-electron chi connectivity index (χ4n) is 1.64. The first-order chi connectivity index (χ1) is 8.81. The van der Waals surface area contributed by atoms with Crippen LogP contribution in [0, 0.1) is 0 Å². The van der Waals surface area contributed by atoms with Crippen molar-refractivity contribution in [3.63, 3.8) is 0 Å². The molecule has 4 nitrogen and oxygen atoms in total. The minimum absolute atomic E-state index is 0.669. The van der Waals surface area contributed by atoms with Crippen LogP contribution >= 0.6 is 0 Å². The third-order valence-electron chi connectivity index (χ3n) is 2.45. The highest BCUT2D eigenvalue weighted by molar-refractivity contribution is 5.63. The van der Waals surface area contributed by atoms with E-state index in [9.17, 15) is 0 Å². The molecule has 2 aromatic rings. The standard InChI is InChI=1S/C14H17N3O/c1-3-18-13-6-4-5-11(9-13)17-12-7-8-16-14(10-12)15-2/h4-10H,3H2,1-2H3,(H2,15,16,17). The van der Waals surface area contributed by atoms with Crippen LogP contribution in [0.1, 0.15) is 6.92 Å². The maximum absolute atomic E-state index is 5.46. The summed E-state index contributed by atoms with van der Waals surface area (Å²) in [5.74, 6) is 1.70. The molecule has 0 saturated carbocycles. The lowest BCUT2D eigenvalue weighted by Crippen LogP contribution is -1.96. The molecule has 0 atom stereocenters. The fraction of sp³-hybridized carbons (Fsp3) is 0.214. The van der Waals surface area contributed by atoms with Crippen LogP contribution in [0.5, 0.6) is 5.75 Å². The number of nitrogens with zero attached hydrogens (tertiary/aromatic N) is 1. The molecule has 1 heterocycles. The first-order valence-electron chi connectivity index (χ1n) is 5.95. The lowest BCUT2D eigenvalue weighted by molar-refractivity contribution is 0.340. The van der Waals surface area contributed by atoms with Gasteiger partial charge in [0, 0.05) is 36.8 Å². The number of ether oxygens (including phenoxy) is 1. The Labute approximate surface area is 107 Å². The summed E-state index contributed by atoms with van der Waals surface area (Å²) in [4.78, 5) is 4.17. The van der Waals surface area contributed by atoms with Gasteiger partial charge in [0.25, 0.3) is 0 Å². The molecule has 0 fully saturated rings. The fourth-order valence-corrected chi connectivity index (χ4v) is 1.64. The number of hydrogen-bond acceptors (Lipinski definition) is 4. The molecule has 0 bridgehead atoms. The second-order valence-corrected chi connectivity index (χ2v) is 3.77. The highest BCUT2D eigenvalue weighted by atomic mass is 16.5. The zero-order chi connectivity index (χ0) is 12.8. The Bertz CT molecular complexity index is 514. The Morgan fingerprint density at radius 3 is 2.78 bits per heavy atom. The van der Waals surface area contributed by atoms with E-state index in [2.05, 4.69) is 15.6 Å². The molecule has 0 amide bonds. The second kappa shape index (κ2) is 5.91. The predicted octanol–water partition coefficient (Wildman–Crippen LogP) is 3.27. The largest absolute Gasteiger partial charge is 0.494 e. The molecule has 2 N–H and O–H groups in total. The zero-order valence-corrected chi connectivity index (χ0v) is 10.6. The van der Waals surface area contributed by atoms with E-state index in [1.807, 2.05) is 50.4 Å². The van der Waals surface area contributed by atoms with Crippen molar-refractivity contribution >= 4 is 17.2 Å². The smallest absolute Gasteiger partial charge is 0.127 e. The van der Waals surface area contributed by atoms with Crippen LogP contribution in [0.15, 0.2) is 42.6 Å². The summed E-state index contributed by atoms with van der Waals surface area (Å²) in [5.41, 5.74) is 1.98. The molecule has 18 heavy (non-hydrogen) atoms. The van der Waals surface area contributed by atoms with Crippen molar-refractivity contribution in [1.82, 2.24) is 4.98 Å². The van der Waals surface area contributed by atoms with Gasteiger partial charge >= 0.3 is 0 Å². The third-order valence-corrected chi connectivity index (χ3v) is 2.45. The third kappa shape index (κ3) is 3.13. The molecule has 0 aliphatic heterocycles. The van der Waals surface area contributed by atoms with Gasteiger partial charge in [-0.1, -0.05) is 6.07 Å². The van der Waals surface area contributed by atoms with Crippen LogP contribution < -0.4 is 15.4 Å². The average Bonchev–Trinajstić information content (AvgIpc) is 2.40. The van der Waals surface area contributed by atoms with Crippen molar-refractivity contribution in [3.05, 3.63) is 42.6 Å². The van der Waals surface area contributed by atoms with Gasteiger partial charge in [-0.05, 0) is 25.1 Å². The van der Waals surface area contributed by atoms with Crippen molar-refractivity contribution in [2.24, 2.45) is 0 Å². The number of anilines is 3. The molecule has 94 valence electrons. The lowest BCUT2D eigenvalue weighted by Gasteiger charge is -2.09. The van der Waals surface area contributed by atoms with Gasteiger partial charge in [0.2, 0.25) is 0 Å². The van der Waals surface area contributed by atoms with Crippen molar-refractivity contribution in [1.29, 1.82) is 0 Å². The Kier molecular flexibility index (Phi) is 4.02. The van der Waals surface area contributed by atoms with Gasteiger partial charge in [-0.2, -0.15) is 0 Å². The summed E-state index contributed by atoms with van der Waals surface area (Å²) in [6.45, 7) is 2.64. The van der Waals surface area contributed by atoms with E-state index in [4.69, 9.17) is 4.74 Å². The Morgan fingerprint density at radius 1 is 1.17 bits per heavy atom. The maximum Gasteiger partial charge on any atom is 0.127 e. The van der Waals surface area contributed by atoms with E-state index in [0.717, 1.165) is 22.9 Å². The number of benzene rings is 1. The zero-order valence-electron chi connectivity index (χ0n) is 10.6. The van der Waals surface area contributed by atoms with Crippen LogP contribution in [0.2, 0.25) is 0 Å². The number of rotatable bonds is 5. The van der Waals surface area contributed by atoms with E-state index in [1.54, 1.807) is 6.20 Å². The van der Waals surface area contributed by atoms with Gasteiger partial charge in [0.15, 0.2) is 0 Å². The number of nitrogens with one attached hydrogen (secondary N) is 2. The Morgan fingerprint density at radius 2 is 2.00 bits per heavy atom. The number of pyridine rings is 1. The van der Waals surface area contributed by atoms with Crippen molar-refractivity contribution < 1.29 is 4.74 Å². The molecule has 1 aromatic carbocycles. The topological polar surface area (TPSA) is 46.2 Å². The van der Waals surface area contributed by atoms with Gasteiger partial charge in [-0.25, -0.2) is 4.98 Å². The molecular formula is C14H17N3O. The van der Waals surface area contributed by atoms with Crippen LogP contribution in [-0.4, -0.2) is 18.6 Å². The summed E-state index contributed by atoms with van der Waals surface area (Å²) < 4.78 is 5.46. The average molecular weight is 243 g/mol. The van der Waals surface area contributed by atoms with Gasteiger partial charge in [0.05, 0.1) is 6.61 Å². The Balaban J connectivity index is 2.14. The van der Waals surface area contributed by atoms with E-state index in [1.165, 1.54) is 0 Å². The quantitative estimate of drug-likeness (QED) is 0.846. The Hall–Kier alpha value is -2.23. The molecular weight excluding hydrogens is 226 g/mol. The van der Waals surface area contributed by atoms with Gasteiger partial charge < -0.3 is 15.4 Å². The van der Waals surface area contributed by atoms with Gasteiger partial charge in [-0.3, -0.25) is 0 Å². The van der Waals surface area contributed by atoms with E-state index in [-0.39, 0.29) is 0 Å². The molecule has 0 unspecified atom stereocenters. The summed E-state index contributed by atoms with van der Waals surface area (Å²) in [6.07, 6.45) is 1.76. The summed E-state index contributed by atoms with van der Waals surface area (Å²) in [7, 11) is 1.85. The molecule has 4 heteroatoms. The molecule has 0 aliphatic carbocycles. The first-order valence-corrected chi connectivity index (χ1v) is 5.95. The predicted molar refractivity (Wildman–Crippen MR) is 74.7 cm³/mol.